The fourth-order valence-electron chi connectivity index (χ4n) is 3.99. The summed E-state index contributed by atoms with van der Waals surface area (Å²) in [6.45, 7) is 17.5. The molecule has 0 bridgehead atoms. The van der Waals surface area contributed by atoms with Crippen LogP contribution in [0.3, 0.4) is 0 Å². The monoisotopic (exact) mass is 446 g/mol. The Morgan fingerprint density at radius 1 is 0.909 bits per heavy atom. The molecule has 2 aromatic carbocycles. The first-order valence-electron chi connectivity index (χ1n) is 10.7. The van der Waals surface area contributed by atoms with Crippen molar-refractivity contribution in [2.45, 2.75) is 40.0 Å². The number of fused-ring (bicyclic) bond motifs is 1. The zero-order valence-electron chi connectivity index (χ0n) is 19.7. The van der Waals surface area contributed by atoms with E-state index < -0.39 is 0 Å². The van der Waals surface area contributed by atoms with Crippen LogP contribution in [0.5, 0.6) is 17.2 Å². The van der Waals surface area contributed by atoms with E-state index in [1.54, 1.807) is 12.1 Å². The van der Waals surface area contributed by atoms with Crippen molar-refractivity contribution in [2.75, 3.05) is 7.11 Å². The fourth-order valence-corrected chi connectivity index (χ4v) is 3.99. The minimum Gasteiger partial charge on any atom is -0.507 e. The van der Waals surface area contributed by atoms with E-state index in [9.17, 15) is 15.0 Å². The normalized spacial score (nSPS) is 10.9. The van der Waals surface area contributed by atoms with E-state index in [0.29, 0.717) is 47.3 Å². The van der Waals surface area contributed by atoms with Crippen LogP contribution in [0.25, 0.3) is 22.3 Å². The van der Waals surface area contributed by atoms with E-state index in [1.165, 1.54) is 13.2 Å². The molecule has 0 saturated carbocycles. The van der Waals surface area contributed by atoms with Gasteiger partial charge in [0.05, 0.1) is 7.11 Å². The Morgan fingerprint density at radius 2 is 1.52 bits per heavy atom. The molecule has 0 saturated heterocycles. The Bertz CT molecular complexity index is 1340. The highest BCUT2D eigenvalue weighted by Gasteiger charge is 2.21. The lowest BCUT2D eigenvalue weighted by molar-refractivity contribution is 0.371. The van der Waals surface area contributed by atoms with Gasteiger partial charge in [-0.2, -0.15) is 0 Å². The van der Waals surface area contributed by atoms with Crippen molar-refractivity contribution in [3.8, 4) is 28.6 Å². The predicted molar refractivity (Wildman–Crippen MR) is 133 cm³/mol. The number of allylic oxidation sites excluding steroid dienone is 3. The van der Waals surface area contributed by atoms with Crippen LogP contribution in [0.15, 0.2) is 69.9 Å². The highest BCUT2D eigenvalue weighted by Crippen LogP contribution is 2.40. The van der Waals surface area contributed by atoms with Crippen molar-refractivity contribution in [3.63, 3.8) is 0 Å². The molecule has 1 heterocycles. The molecule has 0 fully saturated rings. The summed E-state index contributed by atoms with van der Waals surface area (Å²) in [5.41, 5.74) is 5.00. The summed E-state index contributed by atoms with van der Waals surface area (Å²) in [6.07, 6.45) is 1.31. The summed E-state index contributed by atoms with van der Waals surface area (Å²) < 4.78 is 11.5. The lowest BCUT2D eigenvalue weighted by Crippen LogP contribution is -2.06. The lowest BCUT2D eigenvalue weighted by Gasteiger charge is -2.16. The maximum atomic E-state index is 13.2. The summed E-state index contributed by atoms with van der Waals surface area (Å²) in [7, 11) is 1.48. The van der Waals surface area contributed by atoms with Gasteiger partial charge in [-0.3, -0.25) is 4.79 Å². The molecule has 0 unspecified atom stereocenters. The first-order valence-corrected chi connectivity index (χ1v) is 10.7. The number of hydrogen-bond donors (Lipinski definition) is 2. The first-order chi connectivity index (χ1) is 15.5. The van der Waals surface area contributed by atoms with E-state index in [4.69, 9.17) is 9.15 Å². The standard InChI is InChI=1S/C28H30O5/c1-15(2)10-18-13-19(11-16(3)4)28-25(26(18)30)22(29)14-24(33-28)20-8-9-23(32-7)27(31)21(20)12-17(5)6/h8-9,13-14,30-31H,1,3,5,10-12H2,2,4,6-7H3. The van der Waals surface area contributed by atoms with Gasteiger partial charge in [0.25, 0.3) is 0 Å². The van der Waals surface area contributed by atoms with Crippen LogP contribution in [0.4, 0.5) is 0 Å². The molecular weight excluding hydrogens is 416 g/mol. The van der Waals surface area contributed by atoms with Crippen LogP contribution in [0.1, 0.15) is 37.5 Å². The number of hydrogen-bond acceptors (Lipinski definition) is 5. The van der Waals surface area contributed by atoms with Gasteiger partial charge >= 0.3 is 0 Å². The van der Waals surface area contributed by atoms with Gasteiger partial charge in [0, 0.05) is 22.8 Å². The molecule has 0 amide bonds. The van der Waals surface area contributed by atoms with Gasteiger partial charge in [-0.25, -0.2) is 0 Å². The smallest absolute Gasteiger partial charge is 0.197 e. The van der Waals surface area contributed by atoms with Gasteiger partial charge in [0.2, 0.25) is 0 Å². The molecule has 0 aliphatic heterocycles. The molecule has 0 spiro atoms. The Hall–Kier alpha value is -3.73. The maximum absolute atomic E-state index is 13.2. The minimum absolute atomic E-state index is 0.0254. The van der Waals surface area contributed by atoms with Crippen LogP contribution in [0, 0.1) is 0 Å². The van der Waals surface area contributed by atoms with Crippen molar-refractivity contribution in [2.24, 2.45) is 0 Å². The topological polar surface area (TPSA) is 79.9 Å². The Morgan fingerprint density at radius 3 is 2.09 bits per heavy atom. The third-order valence-corrected chi connectivity index (χ3v) is 5.32. The second kappa shape index (κ2) is 9.41. The predicted octanol–water partition coefficient (Wildman–Crippen LogP) is 6.24. The molecule has 1 aromatic heterocycles. The van der Waals surface area contributed by atoms with E-state index >= 15 is 0 Å². The molecule has 3 rings (SSSR count). The van der Waals surface area contributed by atoms with Gasteiger partial charge in [0.1, 0.15) is 22.5 Å². The maximum Gasteiger partial charge on any atom is 0.197 e. The molecule has 0 radical (unpaired) electrons. The van der Waals surface area contributed by atoms with Crippen molar-refractivity contribution in [1.29, 1.82) is 0 Å². The number of methoxy groups -OCH3 is 1. The summed E-state index contributed by atoms with van der Waals surface area (Å²) in [4.78, 5) is 13.2. The van der Waals surface area contributed by atoms with Crippen LogP contribution in [0.2, 0.25) is 0 Å². The number of ether oxygens (including phenoxy) is 1. The second-order valence-corrected chi connectivity index (χ2v) is 8.77. The average Bonchev–Trinajstić information content (AvgIpc) is 2.71. The van der Waals surface area contributed by atoms with Gasteiger partial charge in [0.15, 0.2) is 16.9 Å². The SMILES string of the molecule is C=C(C)Cc1cc(CC(=C)C)c2oc(-c3ccc(OC)c(O)c3CC(=C)C)cc(=O)c2c1O. The molecule has 0 aliphatic carbocycles. The molecule has 33 heavy (non-hydrogen) atoms. The highest BCUT2D eigenvalue weighted by molar-refractivity contribution is 5.89. The largest absolute Gasteiger partial charge is 0.507 e. The second-order valence-electron chi connectivity index (χ2n) is 8.77. The molecular formula is C28H30O5. The van der Waals surface area contributed by atoms with Crippen LogP contribution >= 0.6 is 0 Å². The van der Waals surface area contributed by atoms with Gasteiger partial charge < -0.3 is 19.4 Å². The first kappa shape index (κ1) is 23.9. The Kier molecular flexibility index (Phi) is 6.82. The minimum atomic E-state index is -0.369. The summed E-state index contributed by atoms with van der Waals surface area (Å²) in [5, 5.41) is 21.8. The average molecular weight is 447 g/mol. The van der Waals surface area contributed by atoms with Gasteiger partial charge in [-0.1, -0.05) is 36.5 Å². The summed E-state index contributed by atoms with van der Waals surface area (Å²) >= 11 is 0. The summed E-state index contributed by atoms with van der Waals surface area (Å²) in [6, 6.07) is 6.56. The van der Waals surface area contributed by atoms with E-state index in [0.717, 1.165) is 22.3 Å². The third kappa shape index (κ3) is 4.87. The van der Waals surface area contributed by atoms with Gasteiger partial charge in [-0.05, 0) is 63.8 Å². The van der Waals surface area contributed by atoms with Crippen molar-refractivity contribution >= 4 is 11.0 Å². The van der Waals surface area contributed by atoms with E-state index in [-0.39, 0.29) is 28.1 Å². The summed E-state index contributed by atoms with van der Waals surface area (Å²) in [5.74, 6) is 0.487. The number of aromatic hydroxyl groups is 2. The zero-order chi connectivity index (χ0) is 24.4. The number of benzene rings is 2. The van der Waals surface area contributed by atoms with E-state index in [2.05, 4.69) is 19.7 Å². The zero-order valence-corrected chi connectivity index (χ0v) is 19.7. The van der Waals surface area contributed by atoms with Crippen LogP contribution in [-0.2, 0) is 19.3 Å². The van der Waals surface area contributed by atoms with Crippen molar-refractivity contribution in [1.82, 2.24) is 0 Å². The number of rotatable bonds is 8. The molecule has 5 nitrogen and oxygen atoms in total. The molecule has 3 aromatic rings. The lowest BCUT2D eigenvalue weighted by atomic mass is 9.95. The van der Waals surface area contributed by atoms with Gasteiger partial charge in [-0.15, -0.1) is 0 Å². The van der Waals surface area contributed by atoms with Crippen LogP contribution in [-0.4, -0.2) is 17.3 Å². The fraction of sp³-hybridized carbons (Fsp3) is 0.250. The van der Waals surface area contributed by atoms with Crippen molar-refractivity contribution < 1.29 is 19.4 Å². The third-order valence-electron chi connectivity index (χ3n) is 5.32. The van der Waals surface area contributed by atoms with Crippen molar-refractivity contribution in [3.05, 3.63) is 87.6 Å². The molecule has 172 valence electrons. The quantitative estimate of drug-likeness (QED) is 0.401. The number of phenolic OH excluding ortho intramolecular Hbond substituents is 2. The number of phenols is 2. The van der Waals surface area contributed by atoms with Crippen LogP contribution < -0.4 is 10.2 Å². The molecule has 0 aliphatic rings. The molecule has 2 N–H and O–H groups in total. The Balaban J connectivity index is 2.37. The Labute approximate surface area is 194 Å². The molecule has 0 atom stereocenters. The molecule has 5 heteroatoms. The van der Waals surface area contributed by atoms with E-state index in [1.807, 2.05) is 26.8 Å². The highest BCUT2D eigenvalue weighted by atomic mass is 16.5.